The molecule has 1 aromatic heterocycles. The van der Waals surface area contributed by atoms with Crippen molar-refractivity contribution in [1.29, 1.82) is 0 Å². The van der Waals surface area contributed by atoms with Crippen LogP contribution in [0.25, 0.3) is 5.76 Å². The number of benzene rings is 2. The number of pyridine rings is 1. The smallest absolute Gasteiger partial charge is 0.300 e. The molecular weight excluding hydrogens is 452 g/mol. The van der Waals surface area contributed by atoms with Gasteiger partial charge in [0, 0.05) is 28.7 Å². The molecule has 7 heteroatoms. The molecule has 2 heterocycles. The first kappa shape index (κ1) is 23.5. The quantitative estimate of drug-likeness (QED) is 0.287. The number of halogens is 1. The number of ether oxygens (including phenoxy) is 1. The van der Waals surface area contributed by atoms with E-state index in [1.165, 1.54) is 4.90 Å². The van der Waals surface area contributed by atoms with Crippen molar-refractivity contribution in [1.82, 2.24) is 4.98 Å². The number of aliphatic hydroxyl groups is 1. The second kappa shape index (κ2) is 9.31. The Morgan fingerprint density at radius 2 is 1.74 bits per heavy atom. The van der Waals surface area contributed by atoms with Gasteiger partial charge < -0.3 is 9.84 Å². The van der Waals surface area contributed by atoms with Gasteiger partial charge in [0.1, 0.15) is 11.5 Å². The molecule has 1 fully saturated rings. The van der Waals surface area contributed by atoms with Crippen molar-refractivity contribution in [2.75, 3.05) is 4.90 Å². The topological polar surface area (TPSA) is 79.7 Å². The van der Waals surface area contributed by atoms with Crippen LogP contribution in [0, 0.1) is 13.8 Å². The number of amides is 1. The number of hydrogen-bond donors (Lipinski definition) is 1. The second-order valence-electron chi connectivity index (χ2n) is 8.53. The molecule has 6 nitrogen and oxygen atoms in total. The van der Waals surface area contributed by atoms with Crippen molar-refractivity contribution in [3.05, 3.63) is 93.8 Å². The van der Waals surface area contributed by atoms with Crippen LogP contribution in [-0.2, 0) is 9.59 Å². The summed E-state index contributed by atoms with van der Waals surface area (Å²) in [6.07, 6.45) is 3.17. The van der Waals surface area contributed by atoms with E-state index in [1.54, 1.807) is 60.9 Å². The van der Waals surface area contributed by atoms with Crippen LogP contribution >= 0.6 is 11.6 Å². The molecule has 1 amide bonds. The zero-order valence-corrected chi connectivity index (χ0v) is 20.1. The van der Waals surface area contributed by atoms with Gasteiger partial charge in [-0.25, -0.2) is 0 Å². The lowest BCUT2D eigenvalue weighted by Gasteiger charge is -2.27. The first-order valence-electron chi connectivity index (χ1n) is 10.9. The van der Waals surface area contributed by atoms with E-state index in [4.69, 9.17) is 16.3 Å². The Bertz CT molecular complexity index is 1300. The molecule has 1 aliphatic heterocycles. The summed E-state index contributed by atoms with van der Waals surface area (Å²) in [5, 5.41) is 11.8. The summed E-state index contributed by atoms with van der Waals surface area (Å²) in [4.78, 5) is 32.0. The van der Waals surface area contributed by atoms with Crippen molar-refractivity contribution < 1.29 is 19.4 Å². The standard InChI is InChI=1S/C27H25ClN2O4/c1-15(2)34-22-8-6-19(13-17(22)4)25(31)23-24(18-9-11-29-12-10-18)30(27(33)26(23)32)21-14-20(28)7-5-16(21)3/h5-15,24,31H,1-4H3/b25-23+. The Morgan fingerprint density at radius 1 is 1.03 bits per heavy atom. The highest BCUT2D eigenvalue weighted by molar-refractivity contribution is 6.52. The molecule has 0 saturated carbocycles. The summed E-state index contributed by atoms with van der Waals surface area (Å²) in [5.74, 6) is -1.06. The van der Waals surface area contributed by atoms with E-state index < -0.39 is 17.7 Å². The predicted molar refractivity (Wildman–Crippen MR) is 132 cm³/mol. The Labute approximate surface area is 203 Å². The second-order valence-corrected chi connectivity index (χ2v) is 8.96. The summed E-state index contributed by atoms with van der Waals surface area (Å²) in [6.45, 7) is 7.57. The number of aryl methyl sites for hydroxylation is 2. The third kappa shape index (κ3) is 4.29. The van der Waals surface area contributed by atoms with Crippen LogP contribution in [0.4, 0.5) is 5.69 Å². The third-order valence-electron chi connectivity index (χ3n) is 5.71. The Hall–Kier alpha value is -3.64. The fourth-order valence-electron chi connectivity index (χ4n) is 4.12. The van der Waals surface area contributed by atoms with Gasteiger partial charge in [-0.15, -0.1) is 0 Å². The van der Waals surface area contributed by atoms with Crippen molar-refractivity contribution in [3.63, 3.8) is 0 Å². The van der Waals surface area contributed by atoms with Gasteiger partial charge in [-0.3, -0.25) is 19.5 Å². The van der Waals surface area contributed by atoms with E-state index in [0.717, 1.165) is 11.1 Å². The molecule has 1 saturated heterocycles. The lowest BCUT2D eigenvalue weighted by Crippen LogP contribution is -2.30. The highest BCUT2D eigenvalue weighted by atomic mass is 35.5. The highest BCUT2D eigenvalue weighted by Gasteiger charge is 2.47. The Balaban J connectivity index is 1.91. The molecule has 34 heavy (non-hydrogen) atoms. The van der Waals surface area contributed by atoms with Crippen molar-refractivity contribution in [3.8, 4) is 5.75 Å². The van der Waals surface area contributed by atoms with E-state index >= 15 is 0 Å². The summed E-state index contributed by atoms with van der Waals surface area (Å²) < 4.78 is 5.79. The summed E-state index contributed by atoms with van der Waals surface area (Å²) >= 11 is 6.23. The number of carbonyl (C=O) groups excluding carboxylic acids is 2. The molecule has 2 aromatic carbocycles. The molecule has 1 atom stereocenters. The third-order valence-corrected chi connectivity index (χ3v) is 5.94. The van der Waals surface area contributed by atoms with Crippen LogP contribution < -0.4 is 9.64 Å². The van der Waals surface area contributed by atoms with Crippen LogP contribution in [0.1, 0.15) is 42.1 Å². The fourth-order valence-corrected chi connectivity index (χ4v) is 4.29. The Kier molecular flexibility index (Phi) is 6.44. The van der Waals surface area contributed by atoms with Crippen molar-refractivity contribution >= 4 is 34.7 Å². The van der Waals surface area contributed by atoms with E-state index in [-0.39, 0.29) is 17.4 Å². The summed E-state index contributed by atoms with van der Waals surface area (Å²) in [6, 6.07) is 13.0. The molecular formula is C27H25ClN2O4. The van der Waals surface area contributed by atoms with Gasteiger partial charge in [0.2, 0.25) is 0 Å². The number of Topliss-reactive ketones (excluding diaryl/α,β-unsaturated/α-hetero) is 1. The number of aliphatic hydroxyl groups excluding tert-OH is 1. The van der Waals surface area contributed by atoms with Gasteiger partial charge in [0.05, 0.1) is 17.7 Å². The van der Waals surface area contributed by atoms with E-state index in [1.807, 2.05) is 27.7 Å². The number of hydrogen-bond acceptors (Lipinski definition) is 5. The van der Waals surface area contributed by atoms with Crippen LogP contribution in [0.2, 0.25) is 5.02 Å². The number of aromatic nitrogens is 1. The van der Waals surface area contributed by atoms with E-state index in [9.17, 15) is 14.7 Å². The van der Waals surface area contributed by atoms with Gasteiger partial charge in [0.25, 0.3) is 11.7 Å². The molecule has 0 aliphatic carbocycles. The molecule has 3 aromatic rings. The minimum absolute atomic E-state index is 0.00361. The molecule has 0 bridgehead atoms. The number of ketones is 1. The van der Waals surface area contributed by atoms with Gasteiger partial charge in [-0.05, 0) is 86.8 Å². The van der Waals surface area contributed by atoms with Crippen molar-refractivity contribution in [2.24, 2.45) is 0 Å². The normalized spacial score (nSPS) is 17.5. The lowest BCUT2D eigenvalue weighted by molar-refractivity contribution is -0.132. The zero-order chi connectivity index (χ0) is 24.6. The van der Waals surface area contributed by atoms with Crippen molar-refractivity contribution in [2.45, 2.75) is 39.8 Å². The first-order chi connectivity index (χ1) is 16.2. The van der Waals surface area contributed by atoms with E-state index in [2.05, 4.69) is 4.98 Å². The maximum absolute atomic E-state index is 13.3. The lowest BCUT2D eigenvalue weighted by atomic mass is 9.95. The highest BCUT2D eigenvalue weighted by Crippen LogP contribution is 2.43. The minimum atomic E-state index is -0.841. The minimum Gasteiger partial charge on any atom is -0.507 e. The summed E-state index contributed by atoms with van der Waals surface area (Å²) in [7, 11) is 0. The van der Waals surface area contributed by atoms with E-state index in [0.29, 0.717) is 27.6 Å². The monoisotopic (exact) mass is 476 g/mol. The maximum atomic E-state index is 13.3. The number of carbonyl (C=O) groups is 2. The molecule has 174 valence electrons. The number of rotatable bonds is 5. The maximum Gasteiger partial charge on any atom is 0.300 e. The van der Waals surface area contributed by atoms with Gasteiger partial charge >= 0.3 is 0 Å². The SMILES string of the molecule is Cc1cc(/C(O)=C2\C(=O)C(=O)N(c3cc(Cl)ccc3C)C2c2ccncc2)ccc1OC(C)C. The number of anilines is 1. The summed E-state index contributed by atoms with van der Waals surface area (Å²) in [5.41, 5.74) is 3.16. The molecule has 4 rings (SSSR count). The molecule has 0 radical (unpaired) electrons. The van der Waals surface area contributed by atoms with Gasteiger partial charge in [-0.1, -0.05) is 17.7 Å². The largest absolute Gasteiger partial charge is 0.507 e. The molecule has 1 unspecified atom stereocenters. The molecule has 1 aliphatic rings. The zero-order valence-electron chi connectivity index (χ0n) is 19.4. The average molecular weight is 477 g/mol. The first-order valence-corrected chi connectivity index (χ1v) is 11.3. The van der Waals surface area contributed by atoms with Gasteiger partial charge in [0.15, 0.2) is 0 Å². The fraction of sp³-hybridized carbons (Fsp3) is 0.222. The Morgan fingerprint density at radius 3 is 2.38 bits per heavy atom. The van der Waals surface area contributed by atoms with Gasteiger partial charge in [-0.2, -0.15) is 0 Å². The molecule has 1 N–H and O–H groups in total. The molecule has 0 spiro atoms. The van der Waals surface area contributed by atoms with Crippen LogP contribution in [0.3, 0.4) is 0 Å². The predicted octanol–water partition coefficient (Wildman–Crippen LogP) is 5.77. The number of nitrogens with zero attached hydrogens (tertiary/aromatic N) is 2. The van der Waals surface area contributed by atoms with Crippen LogP contribution in [0.15, 0.2) is 66.5 Å². The van der Waals surface area contributed by atoms with Crippen LogP contribution in [-0.4, -0.2) is 27.9 Å². The van der Waals surface area contributed by atoms with Crippen LogP contribution in [0.5, 0.6) is 5.75 Å². The average Bonchev–Trinajstić information content (AvgIpc) is 3.07.